The summed E-state index contributed by atoms with van der Waals surface area (Å²) in [4.78, 5) is 0.246. The lowest BCUT2D eigenvalue weighted by Gasteiger charge is -2.13. The Hall–Kier alpha value is -2.49. The highest BCUT2D eigenvalue weighted by Gasteiger charge is 2.20. The van der Waals surface area contributed by atoms with Gasteiger partial charge in [-0.05, 0) is 49.2 Å². The third-order valence-corrected chi connectivity index (χ3v) is 6.10. The lowest BCUT2D eigenvalue weighted by molar-refractivity contribution is 0.197. The Bertz CT molecular complexity index is 836. The van der Waals surface area contributed by atoms with Crippen LogP contribution in [0.4, 0.5) is 22.7 Å². The van der Waals surface area contributed by atoms with Gasteiger partial charge in [-0.2, -0.15) is 0 Å². The van der Waals surface area contributed by atoms with Crippen LogP contribution < -0.4 is 22.1 Å². The molecule has 0 atom stereocenters. The number of rotatable bonds is 12. The second-order valence-electron chi connectivity index (χ2n) is 6.55. The van der Waals surface area contributed by atoms with E-state index in [1.54, 1.807) is 26.4 Å². The summed E-state index contributed by atoms with van der Waals surface area (Å²) >= 11 is 0. The Morgan fingerprint density at radius 1 is 0.793 bits per heavy atom. The molecule has 0 bridgehead atoms. The SMILES string of the molecule is COCCCNc1ccc(S(=O)(=O)c2ccc(NCCCOC)c(N)c2)cc1N. The molecular formula is C20H30N4O4S. The van der Waals surface area contributed by atoms with E-state index in [0.29, 0.717) is 49.1 Å². The largest absolute Gasteiger partial charge is 0.397 e. The zero-order chi connectivity index (χ0) is 21.3. The number of nitrogens with one attached hydrogen (secondary N) is 2. The van der Waals surface area contributed by atoms with E-state index in [-0.39, 0.29) is 9.79 Å². The quantitative estimate of drug-likeness (QED) is 0.303. The monoisotopic (exact) mass is 422 g/mol. The smallest absolute Gasteiger partial charge is 0.206 e. The van der Waals surface area contributed by atoms with Crippen molar-refractivity contribution < 1.29 is 17.9 Å². The van der Waals surface area contributed by atoms with Gasteiger partial charge in [0.25, 0.3) is 0 Å². The van der Waals surface area contributed by atoms with Crippen LogP contribution in [-0.2, 0) is 19.3 Å². The minimum Gasteiger partial charge on any atom is -0.397 e. The van der Waals surface area contributed by atoms with Gasteiger partial charge in [-0.1, -0.05) is 0 Å². The molecular weight excluding hydrogens is 392 g/mol. The van der Waals surface area contributed by atoms with Crippen LogP contribution in [-0.4, -0.2) is 48.9 Å². The first-order chi connectivity index (χ1) is 13.9. The van der Waals surface area contributed by atoms with Gasteiger partial charge in [-0.3, -0.25) is 0 Å². The van der Waals surface area contributed by atoms with Crippen molar-refractivity contribution in [2.24, 2.45) is 0 Å². The average Bonchev–Trinajstić information content (AvgIpc) is 2.70. The minimum absolute atomic E-state index is 0.123. The van der Waals surface area contributed by atoms with Gasteiger partial charge in [0.05, 0.1) is 32.5 Å². The Morgan fingerprint density at radius 2 is 1.21 bits per heavy atom. The van der Waals surface area contributed by atoms with Crippen molar-refractivity contribution in [2.75, 3.05) is 62.6 Å². The average molecular weight is 423 g/mol. The third kappa shape index (κ3) is 6.25. The van der Waals surface area contributed by atoms with Gasteiger partial charge < -0.3 is 31.6 Å². The topological polar surface area (TPSA) is 129 Å². The molecule has 0 saturated heterocycles. The number of nitrogen functional groups attached to an aromatic ring is 2. The Labute approximate surface area is 172 Å². The van der Waals surface area contributed by atoms with E-state index < -0.39 is 9.84 Å². The molecule has 0 aliphatic rings. The van der Waals surface area contributed by atoms with Gasteiger partial charge in [-0.15, -0.1) is 0 Å². The van der Waals surface area contributed by atoms with Crippen LogP contribution in [0.25, 0.3) is 0 Å². The van der Waals surface area contributed by atoms with Crippen LogP contribution in [0.15, 0.2) is 46.2 Å². The van der Waals surface area contributed by atoms with Gasteiger partial charge in [0.2, 0.25) is 9.84 Å². The molecule has 0 amide bonds. The highest BCUT2D eigenvalue weighted by molar-refractivity contribution is 7.91. The van der Waals surface area contributed by atoms with E-state index >= 15 is 0 Å². The predicted molar refractivity (Wildman–Crippen MR) is 117 cm³/mol. The first-order valence-electron chi connectivity index (χ1n) is 9.40. The number of benzene rings is 2. The molecule has 0 unspecified atom stereocenters. The number of hydrogen-bond acceptors (Lipinski definition) is 8. The molecule has 9 heteroatoms. The van der Waals surface area contributed by atoms with Crippen LogP contribution >= 0.6 is 0 Å². The van der Waals surface area contributed by atoms with E-state index in [1.165, 1.54) is 24.3 Å². The van der Waals surface area contributed by atoms with Gasteiger partial charge in [0, 0.05) is 40.5 Å². The fraction of sp³-hybridized carbons (Fsp3) is 0.400. The highest BCUT2D eigenvalue weighted by Crippen LogP contribution is 2.30. The van der Waals surface area contributed by atoms with Crippen molar-refractivity contribution in [1.29, 1.82) is 0 Å². The van der Waals surface area contributed by atoms with Crippen LogP contribution in [0.3, 0.4) is 0 Å². The lowest BCUT2D eigenvalue weighted by atomic mass is 10.2. The molecule has 2 aromatic carbocycles. The standard InChI is InChI=1S/C20H30N4O4S/c1-27-11-3-9-23-19-7-5-15(13-17(19)21)29(25,26)16-6-8-20(18(22)14-16)24-10-4-12-28-2/h5-8,13-14,23-24H,3-4,9-12,21-22H2,1-2H3. The second kappa shape index (κ2) is 10.9. The van der Waals surface area contributed by atoms with Gasteiger partial charge in [0.1, 0.15) is 0 Å². The zero-order valence-electron chi connectivity index (χ0n) is 16.9. The summed E-state index contributed by atoms with van der Waals surface area (Å²) in [6.45, 7) is 2.63. The third-order valence-electron chi connectivity index (χ3n) is 4.35. The number of nitrogens with two attached hydrogens (primary N) is 2. The fourth-order valence-electron chi connectivity index (χ4n) is 2.75. The van der Waals surface area contributed by atoms with Crippen LogP contribution in [0, 0.1) is 0 Å². The number of hydrogen-bond donors (Lipinski definition) is 4. The van der Waals surface area contributed by atoms with E-state index in [1.807, 2.05) is 0 Å². The molecule has 8 nitrogen and oxygen atoms in total. The van der Waals surface area contributed by atoms with E-state index in [0.717, 1.165) is 12.8 Å². The van der Waals surface area contributed by atoms with E-state index in [2.05, 4.69) is 10.6 Å². The van der Waals surface area contributed by atoms with Crippen LogP contribution in [0.1, 0.15) is 12.8 Å². The summed E-state index contributed by atoms with van der Waals surface area (Å²) < 4.78 is 36.0. The summed E-state index contributed by atoms with van der Waals surface area (Å²) in [5.74, 6) is 0. The van der Waals surface area contributed by atoms with Gasteiger partial charge in [-0.25, -0.2) is 8.42 Å². The number of anilines is 4. The van der Waals surface area contributed by atoms with E-state index in [9.17, 15) is 8.42 Å². The van der Waals surface area contributed by atoms with Crippen molar-refractivity contribution >= 4 is 32.6 Å². The van der Waals surface area contributed by atoms with Gasteiger partial charge >= 0.3 is 0 Å². The maximum absolute atomic E-state index is 13.0. The molecule has 0 saturated carbocycles. The summed E-state index contributed by atoms with van der Waals surface area (Å²) in [6.07, 6.45) is 1.64. The first kappa shape index (κ1) is 22.8. The zero-order valence-corrected chi connectivity index (χ0v) is 17.7. The first-order valence-corrected chi connectivity index (χ1v) is 10.9. The molecule has 0 radical (unpaired) electrons. The molecule has 160 valence electrons. The number of ether oxygens (including phenoxy) is 2. The summed E-state index contributed by atoms with van der Waals surface area (Å²) in [5, 5.41) is 6.35. The van der Waals surface area contributed by atoms with Gasteiger partial charge in [0.15, 0.2) is 0 Å². The molecule has 0 aliphatic heterocycles. The van der Waals surface area contributed by atoms with Crippen LogP contribution in [0.5, 0.6) is 0 Å². The summed E-state index contributed by atoms with van der Waals surface area (Å²) in [6, 6.07) is 9.34. The van der Waals surface area contributed by atoms with Crippen molar-refractivity contribution in [1.82, 2.24) is 0 Å². The molecule has 0 fully saturated rings. The van der Waals surface area contributed by atoms with E-state index in [4.69, 9.17) is 20.9 Å². The molecule has 0 spiro atoms. The molecule has 0 aromatic heterocycles. The molecule has 0 aliphatic carbocycles. The number of methoxy groups -OCH3 is 2. The molecule has 2 rings (SSSR count). The van der Waals surface area contributed by atoms with Crippen molar-refractivity contribution in [3.8, 4) is 0 Å². The van der Waals surface area contributed by atoms with Crippen molar-refractivity contribution in [3.63, 3.8) is 0 Å². The normalized spacial score (nSPS) is 11.4. The Balaban J connectivity index is 2.13. The van der Waals surface area contributed by atoms with Crippen molar-refractivity contribution in [2.45, 2.75) is 22.6 Å². The number of sulfone groups is 1. The highest BCUT2D eigenvalue weighted by atomic mass is 32.2. The fourth-order valence-corrected chi connectivity index (χ4v) is 4.08. The maximum Gasteiger partial charge on any atom is 0.206 e. The summed E-state index contributed by atoms with van der Waals surface area (Å²) in [5.41, 5.74) is 14.2. The Kier molecular flexibility index (Phi) is 8.56. The van der Waals surface area contributed by atoms with Crippen LogP contribution in [0.2, 0.25) is 0 Å². The van der Waals surface area contributed by atoms with Crippen molar-refractivity contribution in [3.05, 3.63) is 36.4 Å². The predicted octanol–water partition coefficient (Wildman–Crippen LogP) is 2.58. The summed E-state index contributed by atoms with van der Waals surface area (Å²) in [7, 11) is -0.444. The second-order valence-corrected chi connectivity index (χ2v) is 8.50. The molecule has 0 heterocycles. The molecule has 6 N–H and O–H groups in total. The lowest BCUT2D eigenvalue weighted by Crippen LogP contribution is -2.09. The minimum atomic E-state index is -3.73. The molecule has 29 heavy (non-hydrogen) atoms. The Morgan fingerprint density at radius 3 is 1.55 bits per heavy atom. The maximum atomic E-state index is 13.0. The molecule has 2 aromatic rings.